The molecule has 84 valence electrons. The summed E-state index contributed by atoms with van der Waals surface area (Å²) in [7, 11) is 2.28. The average Bonchev–Trinajstić information content (AvgIpc) is 2.57. The van der Waals surface area contributed by atoms with E-state index in [1.54, 1.807) is 0 Å². The summed E-state index contributed by atoms with van der Waals surface area (Å²) in [6, 6.07) is 1.73. The Morgan fingerprint density at radius 2 is 1.86 bits per heavy atom. The maximum atomic E-state index is 2.55. The van der Waals surface area contributed by atoms with E-state index in [-0.39, 0.29) is 0 Å². The van der Waals surface area contributed by atoms with Gasteiger partial charge in [0.25, 0.3) is 0 Å². The summed E-state index contributed by atoms with van der Waals surface area (Å²) in [5.74, 6) is 0. The van der Waals surface area contributed by atoms with E-state index in [1.807, 2.05) is 13.8 Å². The summed E-state index contributed by atoms with van der Waals surface area (Å²) in [4.78, 5) is 2.55. The van der Waals surface area contributed by atoms with Crippen LogP contribution in [0.5, 0.6) is 0 Å². The first-order valence-electron chi connectivity index (χ1n) is 6.20. The third-order valence-electron chi connectivity index (χ3n) is 4.10. The SMILES string of the molecule is CC.CC(C)[N+]12CCC(C1)N(C)CC2. The van der Waals surface area contributed by atoms with Crippen LogP contribution in [0.25, 0.3) is 0 Å². The molecule has 2 heterocycles. The van der Waals surface area contributed by atoms with Crippen molar-refractivity contribution in [2.75, 3.05) is 33.2 Å². The van der Waals surface area contributed by atoms with Crippen LogP contribution in [0.3, 0.4) is 0 Å². The average molecular weight is 199 g/mol. The Balaban J connectivity index is 0.000000461. The van der Waals surface area contributed by atoms with Gasteiger partial charge in [0.2, 0.25) is 0 Å². The minimum atomic E-state index is 0.837. The van der Waals surface area contributed by atoms with Gasteiger partial charge in [-0.3, -0.25) is 4.90 Å². The van der Waals surface area contributed by atoms with Crippen molar-refractivity contribution in [1.82, 2.24) is 4.90 Å². The van der Waals surface area contributed by atoms with Crippen molar-refractivity contribution >= 4 is 0 Å². The summed E-state index contributed by atoms with van der Waals surface area (Å²) in [5, 5.41) is 0. The van der Waals surface area contributed by atoms with Gasteiger partial charge in [-0.25, -0.2) is 0 Å². The van der Waals surface area contributed by atoms with Gasteiger partial charge in [-0.1, -0.05) is 13.8 Å². The molecule has 0 spiro atoms. The number of quaternary nitrogens is 1. The van der Waals surface area contributed by atoms with E-state index in [1.165, 1.54) is 37.1 Å². The number of nitrogens with zero attached hydrogens (tertiary/aromatic N) is 2. The largest absolute Gasteiger partial charge is 0.319 e. The molecule has 2 nitrogen and oxygen atoms in total. The molecule has 2 aliphatic rings. The van der Waals surface area contributed by atoms with Crippen molar-refractivity contribution in [2.24, 2.45) is 0 Å². The van der Waals surface area contributed by atoms with Crippen molar-refractivity contribution in [1.29, 1.82) is 0 Å². The molecule has 2 saturated heterocycles. The Kier molecular flexibility index (Phi) is 3.96. The fourth-order valence-corrected chi connectivity index (χ4v) is 2.84. The topological polar surface area (TPSA) is 3.24 Å². The Morgan fingerprint density at radius 3 is 2.43 bits per heavy atom. The summed E-state index contributed by atoms with van der Waals surface area (Å²) in [6.07, 6.45) is 1.43. The minimum Gasteiger partial charge on any atom is -0.319 e. The van der Waals surface area contributed by atoms with Gasteiger partial charge in [0.1, 0.15) is 0 Å². The first-order chi connectivity index (χ1) is 6.64. The van der Waals surface area contributed by atoms with Crippen molar-refractivity contribution in [3.8, 4) is 0 Å². The van der Waals surface area contributed by atoms with Gasteiger partial charge in [0.05, 0.1) is 31.7 Å². The first-order valence-corrected chi connectivity index (χ1v) is 6.20. The smallest absolute Gasteiger partial charge is 0.0949 e. The Morgan fingerprint density at radius 1 is 1.21 bits per heavy atom. The molecule has 2 atom stereocenters. The van der Waals surface area contributed by atoms with Crippen molar-refractivity contribution in [3.63, 3.8) is 0 Å². The lowest BCUT2D eigenvalue weighted by Crippen LogP contribution is -2.59. The van der Waals surface area contributed by atoms with Crippen LogP contribution in [0, 0.1) is 0 Å². The van der Waals surface area contributed by atoms with Gasteiger partial charge in [0, 0.05) is 13.0 Å². The summed E-state index contributed by atoms with van der Waals surface area (Å²) in [5.41, 5.74) is 0. The second-order valence-electron chi connectivity index (χ2n) is 4.87. The van der Waals surface area contributed by atoms with E-state index < -0.39 is 0 Å². The molecular weight excluding hydrogens is 172 g/mol. The van der Waals surface area contributed by atoms with Gasteiger partial charge in [-0.2, -0.15) is 0 Å². The number of likely N-dealkylation sites (N-methyl/N-ethyl adjacent to an activating group) is 1. The van der Waals surface area contributed by atoms with Crippen LogP contribution in [0.2, 0.25) is 0 Å². The van der Waals surface area contributed by atoms with Crippen molar-refractivity contribution in [2.45, 2.75) is 46.2 Å². The van der Waals surface area contributed by atoms with Crippen LogP contribution in [0.15, 0.2) is 0 Å². The molecule has 0 radical (unpaired) electrons. The lowest BCUT2D eigenvalue weighted by molar-refractivity contribution is -0.940. The molecule has 2 heteroatoms. The molecular formula is C12H27N2+. The molecule has 0 aromatic heterocycles. The van der Waals surface area contributed by atoms with Gasteiger partial charge in [-0.15, -0.1) is 0 Å². The molecule has 0 saturated carbocycles. The monoisotopic (exact) mass is 199 g/mol. The normalized spacial score (nSPS) is 36.9. The molecule has 2 rings (SSSR count). The quantitative estimate of drug-likeness (QED) is 0.584. The van der Waals surface area contributed by atoms with Gasteiger partial charge < -0.3 is 4.48 Å². The molecule has 0 aliphatic carbocycles. The molecule has 0 aromatic rings. The molecule has 0 amide bonds. The van der Waals surface area contributed by atoms with Gasteiger partial charge >= 0.3 is 0 Å². The molecule has 0 aromatic carbocycles. The fraction of sp³-hybridized carbons (Fsp3) is 1.00. The predicted octanol–water partition coefficient (Wildman–Crippen LogP) is 1.96. The van der Waals surface area contributed by atoms with E-state index in [4.69, 9.17) is 0 Å². The van der Waals surface area contributed by atoms with Crippen molar-refractivity contribution in [3.05, 3.63) is 0 Å². The summed E-state index contributed by atoms with van der Waals surface area (Å²) >= 11 is 0. The number of rotatable bonds is 1. The predicted molar refractivity (Wildman–Crippen MR) is 62.4 cm³/mol. The third-order valence-corrected chi connectivity index (χ3v) is 4.10. The Hall–Kier alpha value is -0.0800. The van der Waals surface area contributed by atoms with Crippen LogP contribution in [0.1, 0.15) is 34.1 Å². The molecule has 2 aliphatic heterocycles. The fourth-order valence-electron chi connectivity index (χ4n) is 2.84. The molecule has 2 unspecified atom stereocenters. The zero-order valence-corrected chi connectivity index (χ0v) is 10.6. The lowest BCUT2D eigenvalue weighted by atomic mass is 10.2. The number of fused-ring (bicyclic) bond motifs is 2. The third kappa shape index (κ3) is 1.96. The van der Waals surface area contributed by atoms with Gasteiger partial charge in [0.15, 0.2) is 0 Å². The highest BCUT2D eigenvalue weighted by molar-refractivity contribution is 4.80. The summed E-state index contributed by atoms with van der Waals surface area (Å²) in [6.45, 7) is 14.3. The Bertz CT molecular complexity index is 179. The second-order valence-corrected chi connectivity index (χ2v) is 4.87. The van der Waals surface area contributed by atoms with Crippen LogP contribution in [-0.2, 0) is 0 Å². The molecule has 0 N–H and O–H groups in total. The minimum absolute atomic E-state index is 0.837. The van der Waals surface area contributed by atoms with E-state index in [0.29, 0.717) is 0 Å². The lowest BCUT2D eigenvalue weighted by Gasteiger charge is -2.43. The highest BCUT2D eigenvalue weighted by Gasteiger charge is 2.45. The number of hydrogen-bond acceptors (Lipinski definition) is 1. The van der Waals surface area contributed by atoms with E-state index in [9.17, 15) is 0 Å². The first kappa shape index (κ1) is 12.0. The summed E-state index contributed by atoms with van der Waals surface area (Å²) < 4.78 is 1.40. The standard InChI is InChI=1S/C10H21N2.C2H6/c1-9(2)12-6-4-10(8-12)11(3)5-7-12;1-2/h9-10H,4-8H2,1-3H3;1-2H3/q+1;. The maximum Gasteiger partial charge on any atom is 0.0949 e. The number of hydrogen-bond donors (Lipinski definition) is 0. The van der Waals surface area contributed by atoms with Crippen molar-refractivity contribution < 1.29 is 4.48 Å². The highest BCUT2D eigenvalue weighted by Crippen LogP contribution is 2.29. The second kappa shape index (κ2) is 4.63. The molecule has 2 bridgehead atoms. The van der Waals surface area contributed by atoms with Crippen LogP contribution < -0.4 is 0 Å². The van der Waals surface area contributed by atoms with Crippen LogP contribution >= 0.6 is 0 Å². The van der Waals surface area contributed by atoms with Crippen LogP contribution in [-0.4, -0.2) is 54.7 Å². The molecule has 14 heavy (non-hydrogen) atoms. The molecule has 2 fully saturated rings. The number of piperazine rings is 1. The maximum absolute atomic E-state index is 2.55. The van der Waals surface area contributed by atoms with E-state index >= 15 is 0 Å². The van der Waals surface area contributed by atoms with Crippen LogP contribution in [0.4, 0.5) is 0 Å². The van der Waals surface area contributed by atoms with E-state index in [0.717, 1.165) is 12.1 Å². The van der Waals surface area contributed by atoms with E-state index in [2.05, 4.69) is 25.8 Å². The zero-order valence-electron chi connectivity index (χ0n) is 10.6. The zero-order chi connectivity index (χ0) is 10.8. The van der Waals surface area contributed by atoms with Gasteiger partial charge in [-0.05, 0) is 20.9 Å². The highest BCUT2D eigenvalue weighted by atomic mass is 15.5. The Labute approximate surface area is 89.5 Å².